The molecule has 1 aliphatic rings. The number of rotatable bonds is 6. The Labute approximate surface area is 216 Å². The second kappa shape index (κ2) is 17.8. The molecule has 0 bridgehead atoms. The summed E-state index contributed by atoms with van der Waals surface area (Å²) in [6, 6.07) is 3.54. The van der Waals surface area contributed by atoms with E-state index in [1.165, 1.54) is 0 Å². The normalized spacial score (nSPS) is 11.9. The number of aromatic nitrogens is 2. The van der Waals surface area contributed by atoms with Crippen molar-refractivity contribution in [2.24, 2.45) is 0 Å². The van der Waals surface area contributed by atoms with Crippen molar-refractivity contribution in [2.75, 3.05) is 78.2 Å². The Balaban J connectivity index is -0.000000801. The van der Waals surface area contributed by atoms with Crippen LogP contribution in [-0.4, -0.2) is 115 Å². The van der Waals surface area contributed by atoms with Gasteiger partial charge in [-0.05, 0) is 20.2 Å². The second-order valence-corrected chi connectivity index (χ2v) is 7.14. The quantitative estimate of drug-likeness (QED) is 0.415. The van der Waals surface area contributed by atoms with Gasteiger partial charge in [-0.1, -0.05) is 0 Å². The van der Waals surface area contributed by atoms with Crippen LogP contribution < -0.4 is 25.4 Å². The number of fused-ring (bicyclic) bond motifs is 1. The summed E-state index contributed by atoms with van der Waals surface area (Å²) in [5.41, 5.74) is 6.87. The van der Waals surface area contributed by atoms with Crippen molar-refractivity contribution < 1.29 is 36.2 Å². The maximum Gasteiger partial charge on any atom is 0.317 e. The SMILES string of the molecule is COc1cc2nc(N3CCN(C(=O)NCCN(C)C)CC3)nc(N)c2cc1OC.Cl.Cl.O.O.O.O. The summed E-state index contributed by atoms with van der Waals surface area (Å²) in [6.45, 7) is 3.91. The first kappa shape index (κ1) is 39.6. The maximum atomic E-state index is 12.3. The van der Waals surface area contributed by atoms with Crippen LogP contribution in [0.4, 0.5) is 16.6 Å². The predicted octanol–water partition coefficient (Wildman–Crippen LogP) is -1.83. The largest absolute Gasteiger partial charge is 0.493 e. The number of nitrogens with two attached hydrogens (primary N) is 1. The third-order valence-corrected chi connectivity index (χ3v) is 4.90. The molecular weight excluding hydrogens is 509 g/mol. The van der Waals surface area contributed by atoms with Crippen LogP contribution in [0.3, 0.4) is 0 Å². The molecule has 1 saturated heterocycles. The monoisotopic (exact) mass is 547 g/mol. The first-order valence-corrected chi connectivity index (χ1v) is 9.54. The molecule has 0 aliphatic carbocycles. The molecule has 0 radical (unpaired) electrons. The van der Waals surface area contributed by atoms with E-state index in [-0.39, 0.29) is 52.7 Å². The highest BCUT2D eigenvalue weighted by molar-refractivity contribution is 5.91. The Kier molecular flexibility index (Phi) is 20.1. The van der Waals surface area contributed by atoms with E-state index in [4.69, 9.17) is 15.2 Å². The molecule has 2 aromatic rings. The van der Waals surface area contributed by atoms with Crippen molar-refractivity contribution in [3.8, 4) is 11.5 Å². The van der Waals surface area contributed by atoms with Crippen molar-refractivity contribution in [1.29, 1.82) is 0 Å². The van der Waals surface area contributed by atoms with Crippen LogP contribution in [0.15, 0.2) is 12.1 Å². The number of hydrogen-bond acceptors (Lipinski definition) is 8. The van der Waals surface area contributed by atoms with Crippen LogP contribution in [0.5, 0.6) is 11.5 Å². The number of ether oxygens (including phenoxy) is 2. The molecule has 2 heterocycles. The van der Waals surface area contributed by atoms with E-state index >= 15 is 0 Å². The molecule has 11 N–H and O–H groups in total. The molecular formula is C19H39Cl2N7O7. The van der Waals surface area contributed by atoms with Crippen molar-refractivity contribution in [3.05, 3.63) is 12.1 Å². The number of nitrogens with zero attached hydrogens (tertiary/aromatic N) is 5. The zero-order chi connectivity index (χ0) is 21.0. The Hall–Kier alpha value is -2.59. The van der Waals surface area contributed by atoms with Gasteiger partial charge in [0, 0.05) is 50.7 Å². The molecule has 1 fully saturated rings. The predicted molar refractivity (Wildman–Crippen MR) is 142 cm³/mol. The lowest BCUT2D eigenvalue weighted by molar-refractivity contribution is 0.193. The van der Waals surface area contributed by atoms with E-state index in [1.807, 2.05) is 28.8 Å². The van der Waals surface area contributed by atoms with E-state index in [0.717, 1.165) is 6.54 Å². The van der Waals surface area contributed by atoms with Gasteiger partial charge in [0.15, 0.2) is 11.5 Å². The molecule has 0 unspecified atom stereocenters. The van der Waals surface area contributed by atoms with Gasteiger partial charge in [0.05, 0.1) is 19.7 Å². The highest BCUT2D eigenvalue weighted by Gasteiger charge is 2.23. The van der Waals surface area contributed by atoms with E-state index in [2.05, 4.69) is 15.3 Å². The van der Waals surface area contributed by atoms with Crippen LogP contribution in [-0.2, 0) is 0 Å². The molecule has 14 nitrogen and oxygen atoms in total. The number of nitrogens with one attached hydrogen (secondary N) is 1. The maximum absolute atomic E-state index is 12.3. The summed E-state index contributed by atoms with van der Waals surface area (Å²) in [7, 11) is 7.11. The zero-order valence-corrected chi connectivity index (χ0v) is 21.9. The molecule has 2 amide bonds. The van der Waals surface area contributed by atoms with Gasteiger partial charge in [0.25, 0.3) is 0 Å². The average molecular weight is 548 g/mol. The van der Waals surface area contributed by atoms with Gasteiger partial charge < -0.3 is 57.1 Å². The Morgan fingerprint density at radius 2 is 1.54 bits per heavy atom. The van der Waals surface area contributed by atoms with Crippen LogP contribution in [0, 0.1) is 0 Å². The van der Waals surface area contributed by atoms with E-state index in [9.17, 15) is 4.79 Å². The van der Waals surface area contributed by atoms with Crippen LogP contribution >= 0.6 is 24.8 Å². The lowest BCUT2D eigenvalue weighted by Crippen LogP contribution is -2.52. The molecule has 206 valence electrons. The van der Waals surface area contributed by atoms with Gasteiger partial charge in [-0.3, -0.25) is 0 Å². The van der Waals surface area contributed by atoms with Crippen molar-refractivity contribution in [1.82, 2.24) is 25.1 Å². The first-order chi connectivity index (χ1) is 13.9. The van der Waals surface area contributed by atoms with Crippen LogP contribution in [0.2, 0.25) is 0 Å². The van der Waals surface area contributed by atoms with E-state index < -0.39 is 0 Å². The van der Waals surface area contributed by atoms with Gasteiger partial charge in [-0.2, -0.15) is 4.98 Å². The second-order valence-electron chi connectivity index (χ2n) is 7.14. The number of hydrogen-bond donors (Lipinski definition) is 2. The zero-order valence-electron chi connectivity index (χ0n) is 20.3. The van der Waals surface area contributed by atoms with Gasteiger partial charge in [0.1, 0.15) is 5.82 Å². The number of urea groups is 1. The minimum Gasteiger partial charge on any atom is -0.493 e. The number of piperazine rings is 1. The molecule has 0 saturated carbocycles. The molecule has 0 spiro atoms. The smallest absolute Gasteiger partial charge is 0.317 e. The average Bonchev–Trinajstić information content (AvgIpc) is 2.72. The van der Waals surface area contributed by atoms with Crippen LogP contribution in [0.25, 0.3) is 10.9 Å². The summed E-state index contributed by atoms with van der Waals surface area (Å²) in [5.74, 6) is 2.10. The van der Waals surface area contributed by atoms with E-state index in [1.54, 1.807) is 26.4 Å². The number of methoxy groups -OCH3 is 2. The molecule has 35 heavy (non-hydrogen) atoms. The summed E-state index contributed by atoms with van der Waals surface area (Å²) in [4.78, 5) is 27.3. The standard InChI is InChI=1S/C19H29N7O3.2ClH.4H2O/c1-24(2)6-5-21-19(27)26-9-7-25(8-10-26)18-22-14-12-16(29-4)15(28-3)11-13(14)17(20)23-18;;;;;;/h11-12H,5-10H2,1-4H3,(H,21,27)(H2,20,22,23);2*1H;4*1H2. The molecule has 3 rings (SSSR count). The first-order valence-electron chi connectivity index (χ1n) is 9.54. The minimum atomic E-state index is -0.0396. The summed E-state index contributed by atoms with van der Waals surface area (Å²) < 4.78 is 10.7. The fourth-order valence-corrected chi connectivity index (χ4v) is 3.22. The number of carbonyl (C=O) groups is 1. The lowest BCUT2D eigenvalue weighted by Gasteiger charge is -2.35. The number of nitrogen functional groups attached to an aromatic ring is 1. The number of likely N-dealkylation sites (N-methyl/N-ethyl adjacent to an activating group) is 1. The van der Waals surface area contributed by atoms with Gasteiger partial charge in [-0.25, -0.2) is 9.78 Å². The Morgan fingerprint density at radius 1 is 1.00 bits per heavy atom. The number of amides is 2. The number of carbonyl (C=O) groups excluding carboxylic acids is 1. The Bertz CT molecular complexity index is 888. The topological polar surface area (TPSA) is 235 Å². The van der Waals surface area contributed by atoms with Crippen molar-refractivity contribution in [3.63, 3.8) is 0 Å². The van der Waals surface area contributed by atoms with Gasteiger partial charge in [-0.15, -0.1) is 24.8 Å². The van der Waals surface area contributed by atoms with Gasteiger partial charge in [0.2, 0.25) is 5.95 Å². The highest BCUT2D eigenvalue weighted by atomic mass is 35.5. The number of benzene rings is 1. The fourth-order valence-electron chi connectivity index (χ4n) is 3.22. The van der Waals surface area contributed by atoms with Crippen molar-refractivity contribution >= 4 is 53.5 Å². The molecule has 0 atom stereocenters. The molecule has 16 heteroatoms. The summed E-state index contributed by atoms with van der Waals surface area (Å²) in [6.07, 6.45) is 0. The number of halogens is 2. The molecule has 1 aliphatic heterocycles. The number of anilines is 2. The summed E-state index contributed by atoms with van der Waals surface area (Å²) in [5, 5.41) is 3.66. The van der Waals surface area contributed by atoms with E-state index in [0.29, 0.717) is 66.9 Å². The fraction of sp³-hybridized carbons (Fsp3) is 0.526. The Morgan fingerprint density at radius 3 is 2.06 bits per heavy atom. The third kappa shape index (κ3) is 9.52. The molecule has 1 aromatic heterocycles. The van der Waals surface area contributed by atoms with Crippen LogP contribution in [0.1, 0.15) is 0 Å². The lowest BCUT2D eigenvalue weighted by atomic mass is 10.2. The third-order valence-electron chi connectivity index (χ3n) is 4.90. The van der Waals surface area contributed by atoms with Gasteiger partial charge >= 0.3 is 6.03 Å². The summed E-state index contributed by atoms with van der Waals surface area (Å²) >= 11 is 0. The highest BCUT2D eigenvalue weighted by Crippen LogP contribution is 2.34. The van der Waals surface area contributed by atoms with Crippen molar-refractivity contribution in [2.45, 2.75) is 0 Å². The minimum absolute atomic E-state index is 0. The molecule has 1 aromatic carbocycles.